The van der Waals surface area contributed by atoms with Crippen LogP contribution in [0.1, 0.15) is 24.1 Å². The summed E-state index contributed by atoms with van der Waals surface area (Å²) in [7, 11) is 0. The number of alkyl halides is 2. The van der Waals surface area contributed by atoms with Gasteiger partial charge < -0.3 is 24.3 Å². The van der Waals surface area contributed by atoms with E-state index in [0.717, 1.165) is 40.1 Å². The number of likely N-dealkylation sites (tertiary alicyclic amines) is 1. The molecule has 0 spiro atoms. The predicted molar refractivity (Wildman–Crippen MR) is 171 cm³/mol. The Hall–Kier alpha value is -4.01. The summed E-state index contributed by atoms with van der Waals surface area (Å²) in [6, 6.07) is 11.9. The summed E-state index contributed by atoms with van der Waals surface area (Å²) < 4.78 is 34.0. The van der Waals surface area contributed by atoms with Crippen LogP contribution in [0.2, 0.25) is 5.02 Å². The van der Waals surface area contributed by atoms with Crippen molar-refractivity contribution >= 4 is 39.8 Å². The molecule has 4 heterocycles. The van der Waals surface area contributed by atoms with Gasteiger partial charge in [0.2, 0.25) is 12.5 Å². The molecule has 9 nitrogen and oxygen atoms in total. The van der Waals surface area contributed by atoms with Crippen molar-refractivity contribution in [2.24, 2.45) is 0 Å². The third-order valence-corrected chi connectivity index (χ3v) is 9.16. The fourth-order valence-corrected chi connectivity index (χ4v) is 6.96. The summed E-state index contributed by atoms with van der Waals surface area (Å²) in [5.74, 6) is -2.14. The number of carbonyl (C=O) groups excluding carboxylic acids is 1. The lowest BCUT2D eigenvalue weighted by Crippen LogP contribution is -2.56. The minimum Gasteiger partial charge on any atom is -0.462 e. The van der Waals surface area contributed by atoms with Gasteiger partial charge in [0.05, 0.1) is 23.8 Å². The van der Waals surface area contributed by atoms with Crippen molar-refractivity contribution in [2.75, 3.05) is 68.8 Å². The third kappa shape index (κ3) is 6.67. The van der Waals surface area contributed by atoms with Crippen molar-refractivity contribution in [1.82, 2.24) is 19.8 Å². The summed E-state index contributed by atoms with van der Waals surface area (Å²) >= 11 is 6.67. The molecule has 2 fully saturated rings. The van der Waals surface area contributed by atoms with Crippen LogP contribution >= 0.6 is 11.6 Å². The smallest absolute Gasteiger partial charge is 0.318 e. The van der Waals surface area contributed by atoms with Gasteiger partial charge >= 0.3 is 6.01 Å². The Morgan fingerprint density at radius 3 is 2.76 bits per heavy atom. The lowest BCUT2D eigenvalue weighted by atomic mass is 10.0. The van der Waals surface area contributed by atoms with Gasteiger partial charge in [-0.1, -0.05) is 42.4 Å². The van der Waals surface area contributed by atoms with E-state index in [1.54, 1.807) is 9.80 Å². The molecule has 12 heteroatoms. The van der Waals surface area contributed by atoms with E-state index in [9.17, 15) is 13.6 Å². The molecule has 1 amide bonds. The zero-order valence-corrected chi connectivity index (χ0v) is 25.9. The van der Waals surface area contributed by atoms with Crippen LogP contribution in [-0.2, 0) is 17.8 Å². The first-order valence-electron chi connectivity index (χ1n) is 15.3. The van der Waals surface area contributed by atoms with Crippen molar-refractivity contribution in [1.29, 1.82) is 0 Å². The topological polar surface area (TPSA) is 69.4 Å². The lowest BCUT2D eigenvalue weighted by Gasteiger charge is -2.41. The summed E-state index contributed by atoms with van der Waals surface area (Å²) in [5.41, 5.74) is 2.85. The van der Waals surface area contributed by atoms with Gasteiger partial charge in [0.15, 0.2) is 0 Å². The Morgan fingerprint density at radius 2 is 1.98 bits per heavy atom. The highest BCUT2D eigenvalue weighted by Gasteiger charge is 2.36. The van der Waals surface area contributed by atoms with E-state index >= 15 is 0 Å². The molecule has 3 aliphatic rings. The number of hydrogen-bond acceptors (Lipinski definition) is 7. The van der Waals surface area contributed by atoms with Crippen molar-refractivity contribution in [3.8, 4) is 6.01 Å². The molecule has 0 unspecified atom stereocenters. The molecule has 0 bridgehead atoms. The number of halogens is 3. The predicted octanol–water partition coefficient (Wildman–Crippen LogP) is 5.08. The molecule has 3 aromatic rings. The second kappa shape index (κ2) is 13.2. The number of amides is 1. The van der Waals surface area contributed by atoms with E-state index < -0.39 is 5.92 Å². The molecule has 2 aromatic carbocycles. The maximum Gasteiger partial charge on any atom is 0.318 e. The minimum absolute atomic E-state index is 0.0831. The zero-order chi connectivity index (χ0) is 31.6. The Bertz CT molecular complexity index is 1630. The molecule has 3 aliphatic heterocycles. The second-order valence-electron chi connectivity index (χ2n) is 11.8. The molecular weight excluding hydrogens is 600 g/mol. The number of carbonyl (C=O) groups is 1. The van der Waals surface area contributed by atoms with E-state index in [0.29, 0.717) is 57.1 Å². The number of aromatic nitrogens is 2. The summed E-state index contributed by atoms with van der Waals surface area (Å²) in [6.07, 6.45) is 2.33. The van der Waals surface area contributed by atoms with E-state index in [1.165, 1.54) is 6.08 Å². The van der Waals surface area contributed by atoms with Gasteiger partial charge in [-0.3, -0.25) is 9.69 Å². The Balaban J connectivity index is 1.30. The fourth-order valence-electron chi connectivity index (χ4n) is 6.68. The molecule has 2 saturated heterocycles. The van der Waals surface area contributed by atoms with Gasteiger partial charge in [-0.15, -0.1) is 0 Å². The summed E-state index contributed by atoms with van der Waals surface area (Å²) in [4.78, 5) is 33.6. The van der Waals surface area contributed by atoms with Crippen LogP contribution in [0.15, 0.2) is 49.1 Å². The van der Waals surface area contributed by atoms with Crippen LogP contribution in [0.3, 0.4) is 0 Å². The largest absolute Gasteiger partial charge is 0.462 e. The SMILES string of the molecule is [C-]#[N+]C[C@H]1CN(c2nc(OCCN3CCCC(F)(F)C3)nc3c2CCN(c2cccc4cccc(Cl)c24)C3)CCN1C(=O)C=C. The number of piperazine rings is 1. The monoisotopic (exact) mass is 635 g/mol. The first-order valence-corrected chi connectivity index (χ1v) is 15.7. The van der Waals surface area contributed by atoms with Gasteiger partial charge in [0.25, 0.3) is 5.92 Å². The van der Waals surface area contributed by atoms with Crippen molar-refractivity contribution < 1.29 is 18.3 Å². The number of ether oxygens (including phenoxy) is 1. The average Bonchev–Trinajstić information content (AvgIpc) is 3.03. The van der Waals surface area contributed by atoms with E-state index in [2.05, 4.69) is 27.3 Å². The van der Waals surface area contributed by atoms with Crippen molar-refractivity contribution in [3.05, 3.63) is 76.8 Å². The molecule has 0 radical (unpaired) electrons. The standard InChI is InChI=1S/C33H36ClF2N7O2/c1-3-29(44)43-16-15-42(20-24(43)19-37-2)31-25-11-14-41(28-10-5-8-23-7-4-9-26(34)30(23)28)21-27(25)38-32(39-31)45-18-17-40-13-6-12-33(35,36)22-40/h3-5,7-10,24H,1,6,11-22H2/t24-/m0/s1. The van der Waals surface area contributed by atoms with Gasteiger partial charge in [-0.2, -0.15) is 9.97 Å². The lowest BCUT2D eigenvalue weighted by molar-refractivity contribution is -0.128. The summed E-state index contributed by atoms with van der Waals surface area (Å²) in [5, 5.41) is 2.72. The molecule has 236 valence electrons. The third-order valence-electron chi connectivity index (χ3n) is 8.85. The molecular formula is C33H36ClF2N7O2. The van der Waals surface area contributed by atoms with Gasteiger partial charge in [-0.25, -0.2) is 15.4 Å². The number of anilines is 2. The molecule has 0 aliphatic carbocycles. The number of fused-ring (bicyclic) bond motifs is 2. The van der Waals surface area contributed by atoms with Gasteiger partial charge in [0, 0.05) is 55.8 Å². The highest BCUT2D eigenvalue weighted by Crippen LogP contribution is 2.37. The van der Waals surface area contributed by atoms with Crippen LogP contribution < -0.4 is 14.5 Å². The molecule has 1 atom stereocenters. The highest BCUT2D eigenvalue weighted by atomic mass is 35.5. The van der Waals surface area contributed by atoms with Gasteiger partial charge in [0.1, 0.15) is 18.5 Å². The summed E-state index contributed by atoms with van der Waals surface area (Å²) in [6.45, 7) is 14.8. The van der Waals surface area contributed by atoms with Crippen LogP contribution in [0.5, 0.6) is 6.01 Å². The molecule has 6 rings (SSSR count). The van der Waals surface area contributed by atoms with Crippen LogP contribution in [-0.4, -0.2) is 96.6 Å². The Morgan fingerprint density at radius 1 is 1.16 bits per heavy atom. The first kappa shape index (κ1) is 31.0. The fraction of sp³-hybridized carbons (Fsp3) is 0.455. The maximum absolute atomic E-state index is 14.0. The van der Waals surface area contributed by atoms with Crippen molar-refractivity contribution in [2.45, 2.75) is 37.8 Å². The molecule has 45 heavy (non-hydrogen) atoms. The quantitative estimate of drug-likeness (QED) is 0.253. The zero-order valence-electron chi connectivity index (χ0n) is 25.1. The number of rotatable bonds is 8. The first-order chi connectivity index (χ1) is 21.8. The molecule has 0 saturated carbocycles. The normalized spacial score (nSPS) is 20.0. The number of benzene rings is 2. The molecule has 1 aromatic heterocycles. The van der Waals surface area contributed by atoms with Gasteiger partial charge in [-0.05, 0) is 43.0 Å². The minimum atomic E-state index is -2.68. The number of piperidine rings is 1. The number of nitrogens with zero attached hydrogens (tertiary/aromatic N) is 7. The van der Waals surface area contributed by atoms with Crippen LogP contribution in [0.4, 0.5) is 20.3 Å². The second-order valence-corrected chi connectivity index (χ2v) is 12.2. The van der Waals surface area contributed by atoms with E-state index in [4.69, 9.17) is 32.9 Å². The number of hydrogen-bond donors (Lipinski definition) is 0. The van der Waals surface area contributed by atoms with E-state index in [1.807, 2.05) is 30.3 Å². The van der Waals surface area contributed by atoms with Crippen molar-refractivity contribution in [3.63, 3.8) is 0 Å². The maximum atomic E-state index is 14.0. The van der Waals surface area contributed by atoms with Crippen LogP contribution in [0, 0.1) is 6.57 Å². The Labute approximate surface area is 266 Å². The van der Waals surface area contributed by atoms with Crippen LogP contribution in [0.25, 0.3) is 15.6 Å². The average molecular weight is 636 g/mol. The van der Waals surface area contributed by atoms with E-state index in [-0.39, 0.29) is 44.1 Å². The molecule has 0 N–H and O–H groups in total. The highest BCUT2D eigenvalue weighted by molar-refractivity contribution is 6.36. The Kier molecular flexibility index (Phi) is 9.06.